The normalized spacial score (nSPS) is 53.2. The van der Waals surface area contributed by atoms with Gasteiger partial charge in [0.25, 0.3) is 0 Å². The van der Waals surface area contributed by atoms with Crippen LogP contribution in [0.15, 0.2) is 0 Å². The lowest BCUT2D eigenvalue weighted by Crippen LogP contribution is -2.43. The predicted molar refractivity (Wildman–Crippen MR) is 44.2 cm³/mol. The maximum absolute atomic E-state index is 11.7. The van der Waals surface area contributed by atoms with Crippen LogP contribution < -0.4 is 0 Å². The molecule has 1 heterocycles. The van der Waals surface area contributed by atoms with Crippen LogP contribution in [0.1, 0.15) is 32.6 Å². The fourth-order valence-corrected chi connectivity index (χ4v) is 3.05. The van der Waals surface area contributed by atoms with Gasteiger partial charge in [-0.1, -0.05) is 0 Å². The van der Waals surface area contributed by atoms with Gasteiger partial charge in [-0.3, -0.25) is 9.59 Å². The van der Waals surface area contributed by atoms with E-state index in [4.69, 9.17) is 4.74 Å². The van der Waals surface area contributed by atoms with Crippen LogP contribution >= 0.6 is 0 Å². The lowest BCUT2D eigenvalue weighted by Gasteiger charge is -2.30. The zero-order chi connectivity index (χ0) is 9.27. The number of rotatable bonds is 0. The Hall–Kier alpha value is -0.700. The zero-order valence-electron chi connectivity index (χ0n) is 7.63. The highest BCUT2D eigenvalue weighted by Gasteiger charge is 2.76. The van der Waals surface area contributed by atoms with Gasteiger partial charge in [0.15, 0.2) is 5.78 Å². The molecule has 0 N–H and O–H groups in total. The summed E-state index contributed by atoms with van der Waals surface area (Å²) < 4.78 is 5.50. The highest BCUT2D eigenvalue weighted by molar-refractivity contribution is 5.97. The van der Waals surface area contributed by atoms with Crippen molar-refractivity contribution in [1.82, 2.24) is 0 Å². The van der Waals surface area contributed by atoms with Crippen molar-refractivity contribution in [2.75, 3.05) is 0 Å². The number of Topliss-reactive ketones (excluding diaryl/α,β-unsaturated/α-hetero) is 2. The fourth-order valence-electron chi connectivity index (χ4n) is 3.05. The summed E-state index contributed by atoms with van der Waals surface area (Å²) >= 11 is 0. The molecule has 1 saturated heterocycles. The molecular formula is C10H12O3. The zero-order valence-corrected chi connectivity index (χ0v) is 7.63. The molecule has 0 aromatic carbocycles. The second kappa shape index (κ2) is 1.87. The van der Waals surface area contributed by atoms with Crippen molar-refractivity contribution in [2.45, 2.75) is 44.3 Å². The highest BCUT2D eigenvalue weighted by atomic mass is 16.6. The van der Waals surface area contributed by atoms with Crippen molar-refractivity contribution >= 4 is 11.6 Å². The third-order valence-electron chi connectivity index (χ3n) is 4.13. The largest absolute Gasteiger partial charge is 0.357 e. The molecule has 3 aliphatic rings. The van der Waals surface area contributed by atoms with Crippen LogP contribution in [0.4, 0.5) is 0 Å². The molecule has 1 spiro atoms. The number of epoxide rings is 1. The average molecular weight is 180 g/mol. The van der Waals surface area contributed by atoms with Crippen LogP contribution in [0.5, 0.6) is 0 Å². The van der Waals surface area contributed by atoms with E-state index in [0.717, 1.165) is 6.42 Å². The minimum atomic E-state index is -0.362. The van der Waals surface area contributed by atoms with Crippen molar-refractivity contribution in [3.05, 3.63) is 0 Å². The molecule has 2 aliphatic carbocycles. The molecule has 2 unspecified atom stereocenters. The molecule has 2 saturated carbocycles. The van der Waals surface area contributed by atoms with Crippen LogP contribution in [0.3, 0.4) is 0 Å². The van der Waals surface area contributed by atoms with Gasteiger partial charge in [0.1, 0.15) is 17.5 Å². The second-order valence-electron chi connectivity index (χ2n) is 4.61. The van der Waals surface area contributed by atoms with Gasteiger partial charge in [-0.05, 0) is 19.8 Å². The van der Waals surface area contributed by atoms with Gasteiger partial charge in [0, 0.05) is 12.8 Å². The number of carbonyl (C=O) groups excluding carboxylic acids is 2. The summed E-state index contributed by atoms with van der Waals surface area (Å²) in [5, 5.41) is 0. The van der Waals surface area contributed by atoms with Gasteiger partial charge in [-0.2, -0.15) is 0 Å². The molecule has 3 heteroatoms. The minimum Gasteiger partial charge on any atom is -0.357 e. The van der Waals surface area contributed by atoms with Crippen LogP contribution in [0.2, 0.25) is 0 Å². The summed E-state index contributed by atoms with van der Waals surface area (Å²) in [7, 11) is 0. The monoisotopic (exact) mass is 180 g/mol. The molecule has 0 aromatic heterocycles. The second-order valence-corrected chi connectivity index (χ2v) is 4.61. The molecule has 13 heavy (non-hydrogen) atoms. The van der Waals surface area contributed by atoms with E-state index in [1.807, 2.05) is 6.92 Å². The number of hydrogen-bond acceptors (Lipinski definition) is 3. The standard InChI is InChI=1S/C10H12O3/c1-9-4-2-6(11)8-10(9,13-8)5-3-7(9)12/h8H,2-5H2,1H3/t8?,9-,10?/m1/s1. The van der Waals surface area contributed by atoms with Crippen LogP contribution in [0, 0.1) is 5.41 Å². The summed E-state index contributed by atoms with van der Waals surface area (Å²) in [6.07, 6.45) is 2.34. The molecule has 3 atom stereocenters. The van der Waals surface area contributed by atoms with Crippen molar-refractivity contribution in [2.24, 2.45) is 5.41 Å². The maximum atomic E-state index is 11.7. The molecule has 3 nitrogen and oxygen atoms in total. The Balaban J connectivity index is 2.07. The number of ketones is 2. The highest BCUT2D eigenvalue weighted by Crippen LogP contribution is 2.63. The van der Waals surface area contributed by atoms with Gasteiger partial charge >= 0.3 is 0 Å². The molecule has 0 bridgehead atoms. The first kappa shape index (κ1) is 7.68. The summed E-state index contributed by atoms with van der Waals surface area (Å²) in [5.74, 6) is 0.495. The molecule has 0 radical (unpaired) electrons. The Kier molecular flexibility index (Phi) is 1.11. The fraction of sp³-hybridized carbons (Fsp3) is 0.800. The molecule has 0 aromatic rings. The summed E-state index contributed by atoms with van der Waals surface area (Å²) in [6.45, 7) is 1.97. The predicted octanol–water partition coefficient (Wildman–Crippen LogP) is 0.856. The van der Waals surface area contributed by atoms with Gasteiger partial charge in [0.05, 0.1) is 5.41 Å². The Labute approximate surface area is 76.4 Å². The lowest BCUT2D eigenvalue weighted by atomic mass is 9.68. The van der Waals surface area contributed by atoms with E-state index in [9.17, 15) is 9.59 Å². The molecule has 70 valence electrons. The number of carbonyl (C=O) groups is 2. The number of hydrogen-bond donors (Lipinski definition) is 0. The molecule has 0 amide bonds. The van der Waals surface area contributed by atoms with Crippen molar-refractivity contribution in [3.8, 4) is 0 Å². The maximum Gasteiger partial charge on any atom is 0.164 e. The first-order valence-corrected chi connectivity index (χ1v) is 4.84. The van der Waals surface area contributed by atoms with Crippen molar-refractivity contribution in [1.29, 1.82) is 0 Å². The van der Waals surface area contributed by atoms with Crippen LogP contribution in [-0.4, -0.2) is 23.3 Å². The Morgan fingerprint density at radius 2 is 2.08 bits per heavy atom. The summed E-state index contributed by atoms with van der Waals surface area (Å²) in [5.41, 5.74) is -0.703. The molecular weight excluding hydrogens is 168 g/mol. The Morgan fingerprint density at radius 1 is 1.31 bits per heavy atom. The van der Waals surface area contributed by atoms with E-state index in [-0.39, 0.29) is 22.9 Å². The number of ether oxygens (including phenoxy) is 1. The first-order chi connectivity index (χ1) is 6.10. The van der Waals surface area contributed by atoms with Crippen LogP contribution in [-0.2, 0) is 14.3 Å². The summed E-state index contributed by atoms with van der Waals surface area (Å²) in [4.78, 5) is 23.1. The quantitative estimate of drug-likeness (QED) is 0.519. The van der Waals surface area contributed by atoms with Gasteiger partial charge in [0.2, 0.25) is 0 Å². The van der Waals surface area contributed by atoms with E-state index < -0.39 is 0 Å². The van der Waals surface area contributed by atoms with E-state index in [2.05, 4.69) is 0 Å². The average Bonchev–Trinajstić information content (AvgIpc) is 2.80. The van der Waals surface area contributed by atoms with E-state index in [1.165, 1.54) is 0 Å². The third-order valence-corrected chi connectivity index (χ3v) is 4.13. The first-order valence-electron chi connectivity index (χ1n) is 4.84. The van der Waals surface area contributed by atoms with Crippen molar-refractivity contribution < 1.29 is 14.3 Å². The van der Waals surface area contributed by atoms with E-state index in [0.29, 0.717) is 25.0 Å². The summed E-state index contributed by atoms with van der Waals surface area (Å²) in [6, 6.07) is 0. The minimum absolute atomic E-state index is 0.201. The third kappa shape index (κ3) is 0.633. The Bertz CT molecular complexity index is 322. The van der Waals surface area contributed by atoms with Gasteiger partial charge < -0.3 is 4.74 Å². The SMILES string of the molecule is C[C@]12CCC(=O)C3OC31CCC2=O. The molecule has 1 aliphatic heterocycles. The molecule has 3 rings (SSSR count). The molecule has 3 fully saturated rings. The van der Waals surface area contributed by atoms with E-state index in [1.54, 1.807) is 0 Å². The van der Waals surface area contributed by atoms with Gasteiger partial charge in [-0.25, -0.2) is 0 Å². The lowest BCUT2D eigenvalue weighted by molar-refractivity contribution is -0.129. The van der Waals surface area contributed by atoms with E-state index >= 15 is 0 Å². The van der Waals surface area contributed by atoms with Gasteiger partial charge in [-0.15, -0.1) is 0 Å². The van der Waals surface area contributed by atoms with Crippen molar-refractivity contribution in [3.63, 3.8) is 0 Å². The topological polar surface area (TPSA) is 46.7 Å². The van der Waals surface area contributed by atoms with Crippen LogP contribution in [0.25, 0.3) is 0 Å². The smallest absolute Gasteiger partial charge is 0.164 e. The Morgan fingerprint density at radius 3 is 2.85 bits per heavy atom.